The van der Waals surface area contributed by atoms with Crippen LogP contribution in [0.1, 0.15) is 26.3 Å². The van der Waals surface area contributed by atoms with Gasteiger partial charge in [-0.2, -0.15) is 0 Å². The molecule has 0 radical (unpaired) electrons. The third kappa shape index (κ3) is 4.69. The molecule has 0 aliphatic carbocycles. The highest BCUT2D eigenvalue weighted by atomic mass is 16.5. The van der Waals surface area contributed by atoms with Crippen molar-refractivity contribution >= 4 is 0 Å². The van der Waals surface area contributed by atoms with Gasteiger partial charge in [0.1, 0.15) is 6.61 Å². The van der Waals surface area contributed by atoms with E-state index in [9.17, 15) is 0 Å². The molecule has 0 unspecified atom stereocenters. The maximum atomic E-state index is 5.48. The largest absolute Gasteiger partial charge is 0.363 e. The minimum Gasteiger partial charge on any atom is -0.363 e. The van der Waals surface area contributed by atoms with E-state index in [-0.39, 0.29) is 5.60 Å². The van der Waals surface area contributed by atoms with E-state index in [4.69, 9.17) is 4.74 Å². The molecule has 1 aromatic rings. The average Bonchev–Trinajstić information content (AvgIpc) is 2.13. The zero-order valence-corrected chi connectivity index (χ0v) is 9.00. The molecule has 0 heterocycles. The SMILES string of the molecule is CC(C)(C)OCC#Cc1ccccc1. The van der Waals surface area contributed by atoms with Crippen LogP contribution in [-0.4, -0.2) is 12.2 Å². The molecule has 1 heteroatoms. The first-order valence-electron chi connectivity index (χ1n) is 4.76. The van der Waals surface area contributed by atoms with Gasteiger partial charge in [0.2, 0.25) is 0 Å². The smallest absolute Gasteiger partial charge is 0.108 e. The molecule has 1 aromatic carbocycles. The highest BCUT2D eigenvalue weighted by Crippen LogP contribution is 2.05. The fourth-order valence-electron chi connectivity index (χ4n) is 0.912. The molecular weight excluding hydrogens is 172 g/mol. The topological polar surface area (TPSA) is 9.23 Å². The maximum absolute atomic E-state index is 5.48. The highest BCUT2D eigenvalue weighted by molar-refractivity contribution is 5.33. The molecule has 14 heavy (non-hydrogen) atoms. The third-order valence-corrected chi connectivity index (χ3v) is 1.58. The summed E-state index contributed by atoms with van der Waals surface area (Å²) >= 11 is 0. The molecule has 1 nitrogen and oxygen atoms in total. The van der Waals surface area contributed by atoms with Crippen LogP contribution in [0.3, 0.4) is 0 Å². The Hall–Kier alpha value is -1.26. The lowest BCUT2D eigenvalue weighted by Gasteiger charge is -2.16. The second kappa shape index (κ2) is 4.83. The van der Waals surface area contributed by atoms with Crippen LogP contribution in [0.4, 0.5) is 0 Å². The number of benzene rings is 1. The number of ether oxygens (including phenoxy) is 1. The third-order valence-electron chi connectivity index (χ3n) is 1.58. The van der Waals surface area contributed by atoms with E-state index in [1.807, 2.05) is 51.1 Å². The summed E-state index contributed by atoms with van der Waals surface area (Å²) in [6, 6.07) is 9.92. The Morgan fingerprint density at radius 2 is 1.79 bits per heavy atom. The fourth-order valence-corrected chi connectivity index (χ4v) is 0.912. The lowest BCUT2D eigenvalue weighted by molar-refractivity contribution is 0.0181. The van der Waals surface area contributed by atoms with E-state index in [0.29, 0.717) is 6.61 Å². The molecule has 0 amide bonds. The summed E-state index contributed by atoms with van der Waals surface area (Å²) in [7, 11) is 0. The average molecular weight is 188 g/mol. The first-order chi connectivity index (χ1) is 6.58. The number of hydrogen-bond donors (Lipinski definition) is 0. The van der Waals surface area contributed by atoms with Gasteiger partial charge in [-0.15, -0.1) is 0 Å². The summed E-state index contributed by atoms with van der Waals surface area (Å²) in [5.74, 6) is 6.03. The molecule has 0 saturated carbocycles. The van der Waals surface area contributed by atoms with Gasteiger partial charge < -0.3 is 4.74 Å². The Balaban J connectivity index is 2.42. The van der Waals surface area contributed by atoms with Gasteiger partial charge >= 0.3 is 0 Å². The van der Waals surface area contributed by atoms with Gasteiger partial charge in [0, 0.05) is 5.56 Å². The van der Waals surface area contributed by atoms with Crippen LogP contribution in [-0.2, 0) is 4.74 Å². The fraction of sp³-hybridized carbons (Fsp3) is 0.385. The molecular formula is C13H16O. The second-order valence-electron chi connectivity index (χ2n) is 4.07. The van der Waals surface area contributed by atoms with Crippen LogP contribution in [0.2, 0.25) is 0 Å². The number of hydrogen-bond acceptors (Lipinski definition) is 1. The van der Waals surface area contributed by atoms with E-state index >= 15 is 0 Å². The van der Waals surface area contributed by atoms with Crippen molar-refractivity contribution in [1.82, 2.24) is 0 Å². The summed E-state index contributed by atoms with van der Waals surface area (Å²) in [4.78, 5) is 0. The van der Waals surface area contributed by atoms with Gasteiger partial charge in [-0.3, -0.25) is 0 Å². The van der Waals surface area contributed by atoms with E-state index in [1.165, 1.54) is 0 Å². The zero-order valence-electron chi connectivity index (χ0n) is 9.00. The predicted octanol–water partition coefficient (Wildman–Crippen LogP) is 2.85. The van der Waals surface area contributed by atoms with Crippen molar-refractivity contribution in [3.05, 3.63) is 35.9 Å². The van der Waals surface area contributed by atoms with Crippen LogP contribution in [0, 0.1) is 11.8 Å². The Morgan fingerprint density at radius 3 is 2.36 bits per heavy atom. The molecule has 0 fully saturated rings. The monoisotopic (exact) mass is 188 g/mol. The molecule has 0 aromatic heterocycles. The molecule has 74 valence electrons. The summed E-state index contributed by atoms with van der Waals surface area (Å²) in [5, 5.41) is 0. The van der Waals surface area contributed by atoms with E-state index in [1.54, 1.807) is 0 Å². The maximum Gasteiger partial charge on any atom is 0.108 e. The van der Waals surface area contributed by atoms with Crippen molar-refractivity contribution in [3.63, 3.8) is 0 Å². The van der Waals surface area contributed by atoms with Crippen LogP contribution >= 0.6 is 0 Å². The highest BCUT2D eigenvalue weighted by Gasteiger charge is 2.07. The van der Waals surface area contributed by atoms with Gasteiger partial charge in [0.05, 0.1) is 5.60 Å². The first kappa shape index (κ1) is 10.8. The summed E-state index contributed by atoms with van der Waals surface area (Å²) < 4.78 is 5.48. The van der Waals surface area contributed by atoms with Gasteiger partial charge in [-0.05, 0) is 32.9 Å². The lowest BCUT2D eigenvalue weighted by atomic mass is 10.2. The van der Waals surface area contributed by atoms with Gasteiger partial charge in [0.15, 0.2) is 0 Å². The molecule has 1 rings (SSSR count). The molecule has 0 saturated heterocycles. The van der Waals surface area contributed by atoms with E-state index in [0.717, 1.165) is 5.56 Å². The van der Waals surface area contributed by atoms with Crippen molar-refractivity contribution < 1.29 is 4.74 Å². The van der Waals surface area contributed by atoms with E-state index < -0.39 is 0 Å². The Morgan fingerprint density at radius 1 is 1.14 bits per heavy atom. The molecule has 0 aliphatic rings. The normalized spacial score (nSPS) is 10.5. The van der Waals surface area contributed by atoms with Crippen LogP contribution < -0.4 is 0 Å². The van der Waals surface area contributed by atoms with Crippen molar-refractivity contribution in [2.45, 2.75) is 26.4 Å². The molecule has 0 bridgehead atoms. The Labute approximate surface area is 86.1 Å². The van der Waals surface area contributed by atoms with Crippen LogP contribution in [0.25, 0.3) is 0 Å². The van der Waals surface area contributed by atoms with Crippen molar-refractivity contribution in [2.24, 2.45) is 0 Å². The minimum atomic E-state index is -0.106. The second-order valence-corrected chi connectivity index (χ2v) is 4.07. The van der Waals surface area contributed by atoms with E-state index in [2.05, 4.69) is 11.8 Å². The van der Waals surface area contributed by atoms with Crippen molar-refractivity contribution in [3.8, 4) is 11.8 Å². The predicted molar refractivity (Wildman–Crippen MR) is 59.0 cm³/mol. The summed E-state index contributed by atoms with van der Waals surface area (Å²) in [6.07, 6.45) is 0. The van der Waals surface area contributed by atoms with Crippen LogP contribution in [0.5, 0.6) is 0 Å². The minimum absolute atomic E-state index is 0.106. The van der Waals surface area contributed by atoms with Crippen molar-refractivity contribution in [1.29, 1.82) is 0 Å². The molecule has 0 spiro atoms. The summed E-state index contributed by atoms with van der Waals surface area (Å²) in [6.45, 7) is 6.56. The summed E-state index contributed by atoms with van der Waals surface area (Å²) in [5.41, 5.74) is 0.927. The van der Waals surface area contributed by atoms with Crippen LogP contribution in [0.15, 0.2) is 30.3 Å². The lowest BCUT2D eigenvalue weighted by Crippen LogP contribution is -2.19. The molecule has 0 aliphatic heterocycles. The quantitative estimate of drug-likeness (QED) is 0.616. The zero-order chi connectivity index (χ0) is 10.4. The van der Waals surface area contributed by atoms with Gasteiger partial charge in [-0.25, -0.2) is 0 Å². The Kier molecular flexibility index (Phi) is 3.73. The van der Waals surface area contributed by atoms with Gasteiger partial charge in [-0.1, -0.05) is 30.0 Å². The van der Waals surface area contributed by atoms with Gasteiger partial charge in [0.25, 0.3) is 0 Å². The van der Waals surface area contributed by atoms with Crippen molar-refractivity contribution in [2.75, 3.05) is 6.61 Å². The Bertz CT molecular complexity index is 322. The molecule has 0 atom stereocenters. The first-order valence-corrected chi connectivity index (χ1v) is 4.76. The number of rotatable bonds is 1. The standard InChI is InChI=1S/C13H16O/c1-13(2,3)14-11-7-10-12-8-5-4-6-9-12/h4-6,8-9H,11H2,1-3H3. The molecule has 0 N–H and O–H groups in total.